The van der Waals surface area contributed by atoms with Gasteiger partial charge >= 0.3 is 6.01 Å². The Morgan fingerprint density at radius 3 is 3.00 bits per heavy atom. The van der Waals surface area contributed by atoms with Crippen LogP contribution in [0.1, 0.15) is 18.7 Å². The fourth-order valence-corrected chi connectivity index (χ4v) is 2.08. The number of nitrogens with zero attached hydrogens (tertiary/aromatic N) is 2. The summed E-state index contributed by atoms with van der Waals surface area (Å²) in [7, 11) is 1.63. The van der Waals surface area contributed by atoms with E-state index in [1.165, 1.54) is 12.8 Å². The van der Waals surface area contributed by atoms with Gasteiger partial charge in [-0.3, -0.25) is 0 Å². The molecule has 1 heterocycles. The Morgan fingerprint density at radius 2 is 2.25 bits per heavy atom. The summed E-state index contributed by atoms with van der Waals surface area (Å²) in [5.74, 6) is 1.34. The minimum absolute atomic E-state index is 0.367. The topological polar surface area (TPSA) is 72.2 Å². The molecular formula is C13H15BrN4O2. The highest BCUT2D eigenvalue weighted by Gasteiger charge is 2.21. The van der Waals surface area contributed by atoms with Crippen molar-refractivity contribution >= 4 is 27.6 Å². The molecule has 1 saturated carbocycles. The van der Waals surface area contributed by atoms with Gasteiger partial charge in [-0.1, -0.05) is 5.10 Å². The van der Waals surface area contributed by atoms with Crippen LogP contribution in [-0.4, -0.2) is 23.3 Å². The van der Waals surface area contributed by atoms with Crippen molar-refractivity contribution in [3.63, 3.8) is 0 Å². The van der Waals surface area contributed by atoms with Crippen LogP contribution >= 0.6 is 15.9 Å². The van der Waals surface area contributed by atoms with Crippen LogP contribution in [0.3, 0.4) is 0 Å². The fourth-order valence-electron chi connectivity index (χ4n) is 1.74. The third-order valence-corrected chi connectivity index (χ3v) is 3.69. The normalized spacial score (nSPS) is 14.3. The van der Waals surface area contributed by atoms with E-state index < -0.39 is 0 Å². The number of methoxy groups -OCH3 is 1. The molecule has 1 aromatic heterocycles. The van der Waals surface area contributed by atoms with Crippen molar-refractivity contribution in [2.45, 2.75) is 25.4 Å². The first-order valence-corrected chi connectivity index (χ1v) is 7.20. The van der Waals surface area contributed by atoms with Gasteiger partial charge in [0.05, 0.1) is 19.3 Å². The van der Waals surface area contributed by atoms with Crippen molar-refractivity contribution < 1.29 is 9.15 Å². The molecule has 1 aliphatic rings. The first-order valence-electron chi connectivity index (χ1n) is 6.41. The fraction of sp³-hybridized carbons (Fsp3) is 0.385. The van der Waals surface area contributed by atoms with Crippen molar-refractivity contribution in [1.82, 2.24) is 15.5 Å². The summed E-state index contributed by atoms with van der Waals surface area (Å²) >= 11 is 3.46. The van der Waals surface area contributed by atoms with Crippen molar-refractivity contribution in [1.29, 1.82) is 0 Å². The van der Waals surface area contributed by atoms with E-state index in [9.17, 15) is 0 Å². The molecule has 20 heavy (non-hydrogen) atoms. The van der Waals surface area contributed by atoms with Crippen LogP contribution in [-0.2, 0) is 6.54 Å². The van der Waals surface area contributed by atoms with Gasteiger partial charge in [0.15, 0.2) is 0 Å². The summed E-state index contributed by atoms with van der Waals surface area (Å²) in [4.78, 5) is 0. The molecule has 0 saturated heterocycles. The summed E-state index contributed by atoms with van der Waals surface area (Å²) in [6.45, 7) is 0.610. The monoisotopic (exact) mass is 338 g/mol. The maximum atomic E-state index is 5.54. The summed E-state index contributed by atoms with van der Waals surface area (Å²) in [5.41, 5.74) is 0.815. The zero-order valence-electron chi connectivity index (χ0n) is 11.0. The number of anilines is 2. The molecule has 1 aliphatic carbocycles. The first-order chi connectivity index (χ1) is 9.74. The Labute approximate surface area is 125 Å². The maximum absolute atomic E-state index is 5.54. The highest BCUT2D eigenvalue weighted by molar-refractivity contribution is 9.10. The van der Waals surface area contributed by atoms with E-state index in [0.29, 0.717) is 24.5 Å². The number of ether oxygens (including phenoxy) is 1. The number of halogens is 1. The van der Waals surface area contributed by atoms with Crippen LogP contribution in [0.5, 0.6) is 5.75 Å². The molecule has 0 unspecified atom stereocenters. The number of benzene rings is 1. The predicted octanol–water partition coefficient (Wildman–Crippen LogP) is 2.84. The molecule has 7 heteroatoms. The molecule has 0 amide bonds. The summed E-state index contributed by atoms with van der Waals surface area (Å²) in [6, 6.07) is 6.61. The van der Waals surface area contributed by atoms with Gasteiger partial charge in [0.25, 0.3) is 0 Å². The van der Waals surface area contributed by atoms with Crippen molar-refractivity contribution in [2.24, 2.45) is 0 Å². The van der Waals surface area contributed by atoms with Gasteiger partial charge < -0.3 is 19.8 Å². The van der Waals surface area contributed by atoms with Crippen molar-refractivity contribution in [2.75, 3.05) is 12.4 Å². The Hall–Kier alpha value is -1.60. The standard InChI is InChI=1S/C13H15BrN4O2/c1-19-9-4-5-10(14)11(6-9)16-13-18-17-12(20-13)7-15-8-2-3-8/h4-6,8,15H,2-3,7H2,1H3,(H,16,18). The highest BCUT2D eigenvalue weighted by Crippen LogP contribution is 2.29. The molecule has 0 atom stereocenters. The largest absolute Gasteiger partial charge is 0.497 e. The molecule has 0 spiro atoms. The highest BCUT2D eigenvalue weighted by atomic mass is 79.9. The average Bonchev–Trinajstić information content (AvgIpc) is 3.19. The van der Waals surface area contributed by atoms with Gasteiger partial charge in [-0.15, -0.1) is 5.10 Å². The summed E-state index contributed by atoms with van der Waals surface area (Å²) in [6.07, 6.45) is 2.46. The maximum Gasteiger partial charge on any atom is 0.320 e. The van der Waals surface area contributed by atoms with E-state index >= 15 is 0 Å². The van der Waals surface area contributed by atoms with Crippen LogP contribution in [0, 0.1) is 0 Å². The molecule has 106 valence electrons. The first kappa shape index (κ1) is 13.4. The molecule has 1 fully saturated rings. The van der Waals surface area contributed by atoms with E-state index in [4.69, 9.17) is 9.15 Å². The smallest absolute Gasteiger partial charge is 0.320 e. The summed E-state index contributed by atoms with van der Waals surface area (Å²) < 4.78 is 11.6. The van der Waals surface area contributed by atoms with Crippen LogP contribution in [0.25, 0.3) is 0 Å². The zero-order chi connectivity index (χ0) is 13.9. The molecule has 3 rings (SSSR count). The van der Waals surface area contributed by atoms with Crippen molar-refractivity contribution in [3.8, 4) is 5.75 Å². The van der Waals surface area contributed by atoms with Crippen LogP contribution in [0.4, 0.5) is 11.7 Å². The number of hydrogen-bond acceptors (Lipinski definition) is 6. The Balaban J connectivity index is 1.67. The second-order valence-electron chi connectivity index (χ2n) is 4.63. The SMILES string of the molecule is COc1ccc(Br)c(Nc2nnc(CNC3CC3)o2)c1. The van der Waals surface area contributed by atoms with Crippen LogP contribution in [0.15, 0.2) is 27.1 Å². The number of rotatable bonds is 6. The van der Waals surface area contributed by atoms with Crippen LogP contribution in [0.2, 0.25) is 0 Å². The molecule has 0 aliphatic heterocycles. The quantitative estimate of drug-likeness (QED) is 0.843. The van der Waals surface area contributed by atoms with Gasteiger partial charge in [-0.05, 0) is 40.9 Å². The van der Waals surface area contributed by atoms with Crippen molar-refractivity contribution in [3.05, 3.63) is 28.6 Å². The second-order valence-corrected chi connectivity index (χ2v) is 5.48. The predicted molar refractivity (Wildman–Crippen MR) is 78.1 cm³/mol. The Kier molecular flexibility index (Phi) is 3.88. The van der Waals surface area contributed by atoms with E-state index in [1.54, 1.807) is 7.11 Å². The second kappa shape index (κ2) is 5.80. The molecule has 0 radical (unpaired) electrons. The Morgan fingerprint density at radius 1 is 1.40 bits per heavy atom. The Bertz CT molecular complexity index is 598. The average molecular weight is 339 g/mol. The lowest BCUT2D eigenvalue weighted by Crippen LogP contribution is -2.15. The van der Waals surface area contributed by atoms with E-state index in [1.807, 2.05) is 18.2 Å². The molecule has 0 bridgehead atoms. The third kappa shape index (κ3) is 3.29. The number of hydrogen-bond donors (Lipinski definition) is 2. The molecule has 1 aromatic carbocycles. The molecule has 2 aromatic rings. The lowest BCUT2D eigenvalue weighted by Gasteiger charge is -2.06. The molecule has 6 nitrogen and oxygen atoms in total. The van der Waals surface area contributed by atoms with Gasteiger partial charge in [-0.25, -0.2) is 0 Å². The molecular weight excluding hydrogens is 324 g/mol. The van der Waals surface area contributed by atoms with Gasteiger partial charge in [0, 0.05) is 16.6 Å². The lowest BCUT2D eigenvalue weighted by molar-refractivity contribution is 0.415. The summed E-state index contributed by atoms with van der Waals surface area (Å²) in [5, 5.41) is 14.4. The minimum atomic E-state index is 0.367. The zero-order valence-corrected chi connectivity index (χ0v) is 12.6. The van der Waals surface area contributed by atoms with Crippen LogP contribution < -0.4 is 15.4 Å². The number of aromatic nitrogens is 2. The van der Waals surface area contributed by atoms with E-state index in [2.05, 4.69) is 36.8 Å². The lowest BCUT2D eigenvalue weighted by atomic mass is 10.3. The number of nitrogens with one attached hydrogen (secondary N) is 2. The van der Waals surface area contributed by atoms with E-state index in [0.717, 1.165) is 15.9 Å². The van der Waals surface area contributed by atoms with E-state index in [-0.39, 0.29) is 0 Å². The minimum Gasteiger partial charge on any atom is -0.497 e. The van der Waals surface area contributed by atoms with Gasteiger partial charge in [-0.2, -0.15) is 0 Å². The molecule has 2 N–H and O–H groups in total. The van der Waals surface area contributed by atoms with Gasteiger partial charge in [0.2, 0.25) is 5.89 Å². The van der Waals surface area contributed by atoms with Gasteiger partial charge in [0.1, 0.15) is 5.75 Å². The third-order valence-electron chi connectivity index (χ3n) is 3.00.